The fourth-order valence-corrected chi connectivity index (χ4v) is 4.19. The SMILES string of the molecule is CCC(C)N(CC(=O)N1CCN(c2ccc(OC)cc2)CC1)S(C)(=O)=O. The molecule has 1 aromatic carbocycles. The van der Waals surface area contributed by atoms with E-state index in [-0.39, 0.29) is 18.5 Å². The summed E-state index contributed by atoms with van der Waals surface area (Å²) in [6.45, 7) is 6.28. The van der Waals surface area contributed by atoms with Gasteiger partial charge in [0.2, 0.25) is 15.9 Å². The van der Waals surface area contributed by atoms with Crippen molar-refractivity contribution >= 4 is 21.6 Å². The highest BCUT2D eigenvalue weighted by molar-refractivity contribution is 7.88. The number of nitrogens with zero attached hydrogens (tertiary/aromatic N) is 3. The number of carbonyl (C=O) groups is 1. The van der Waals surface area contributed by atoms with Gasteiger partial charge in [0.05, 0.1) is 19.9 Å². The van der Waals surface area contributed by atoms with Crippen molar-refractivity contribution in [3.63, 3.8) is 0 Å². The lowest BCUT2D eigenvalue weighted by atomic mass is 10.2. The number of benzene rings is 1. The molecule has 8 heteroatoms. The van der Waals surface area contributed by atoms with Crippen molar-refractivity contribution in [2.45, 2.75) is 26.3 Å². The van der Waals surface area contributed by atoms with Crippen molar-refractivity contribution < 1.29 is 17.9 Å². The fraction of sp³-hybridized carbons (Fsp3) is 0.611. The van der Waals surface area contributed by atoms with Crippen molar-refractivity contribution in [3.8, 4) is 5.75 Å². The first-order chi connectivity index (χ1) is 12.3. The van der Waals surface area contributed by atoms with Crippen LogP contribution >= 0.6 is 0 Å². The molecule has 1 amide bonds. The average Bonchev–Trinajstić information content (AvgIpc) is 2.64. The first kappa shape index (κ1) is 20.5. The summed E-state index contributed by atoms with van der Waals surface area (Å²) in [5, 5.41) is 0. The molecule has 1 aliphatic rings. The molecule has 0 spiro atoms. The molecule has 7 nitrogen and oxygen atoms in total. The van der Waals surface area contributed by atoms with Gasteiger partial charge >= 0.3 is 0 Å². The van der Waals surface area contributed by atoms with E-state index in [2.05, 4.69) is 4.90 Å². The Kier molecular flexibility index (Phi) is 6.88. The van der Waals surface area contributed by atoms with Crippen LogP contribution < -0.4 is 9.64 Å². The standard InChI is InChI=1S/C18H29N3O4S/c1-5-15(2)21(26(4,23)24)14-18(22)20-12-10-19(11-13-20)16-6-8-17(25-3)9-7-16/h6-9,15H,5,10-14H2,1-4H3. The van der Waals surface area contributed by atoms with Crippen molar-refractivity contribution in [2.24, 2.45) is 0 Å². The molecule has 0 aromatic heterocycles. The third kappa shape index (κ3) is 5.11. The maximum atomic E-state index is 12.6. The summed E-state index contributed by atoms with van der Waals surface area (Å²) in [6.07, 6.45) is 1.83. The van der Waals surface area contributed by atoms with Crippen LogP contribution in [0.1, 0.15) is 20.3 Å². The zero-order valence-electron chi connectivity index (χ0n) is 16.0. The molecule has 0 radical (unpaired) electrons. The van der Waals surface area contributed by atoms with Gasteiger partial charge in [-0.05, 0) is 37.6 Å². The van der Waals surface area contributed by atoms with Gasteiger partial charge in [-0.15, -0.1) is 0 Å². The van der Waals surface area contributed by atoms with Crippen LogP contribution in [-0.2, 0) is 14.8 Å². The molecule has 1 aliphatic heterocycles. The Morgan fingerprint density at radius 3 is 2.23 bits per heavy atom. The highest BCUT2D eigenvalue weighted by Crippen LogP contribution is 2.20. The van der Waals surface area contributed by atoms with Gasteiger partial charge in [0, 0.05) is 37.9 Å². The van der Waals surface area contributed by atoms with Crippen LogP contribution in [0.2, 0.25) is 0 Å². The van der Waals surface area contributed by atoms with Gasteiger partial charge in [-0.2, -0.15) is 4.31 Å². The number of amides is 1. The van der Waals surface area contributed by atoms with E-state index >= 15 is 0 Å². The van der Waals surface area contributed by atoms with E-state index in [4.69, 9.17) is 4.74 Å². The Bertz CT molecular complexity index is 698. The zero-order chi connectivity index (χ0) is 19.3. The summed E-state index contributed by atoms with van der Waals surface area (Å²) in [5.74, 6) is 0.679. The summed E-state index contributed by atoms with van der Waals surface area (Å²) in [4.78, 5) is 16.6. The molecule has 1 fully saturated rings. The largest absolute Gasteiger partial charge is 0.497 e. The molecule has 0 saturated carbocycles. The lowest BCUT2D eigenvalue weighted by molar-refractivity contribution is -0.132. The van der Waals surface area contributed by atoms with E-state index < -0.39 is 10.0 Å². The molecule has 1 unspecified atom stereocenters. The highest BCUT2D eigenvalue weighted by atomic mass is 32.2. The zero-order valence-corrected chi connectivity index (χ0v) is 16.8. The molecule has 146 valence electrons. The van der Waals surface area contributed by atoms with E-state index in [9.17, 15) is 13.2 Å². The number of methoxy groups -OCH3 is 1. The predicted molar refractivity (Wildman–Crippen MR) is 103 cm³/mol. The van der Waals surface area contributed by atoms with E-state index in [1.54, 1.807) is 12.0 Å². The second-order valence-corrected chi connectivity index (χ2v) is 8.57. The molecule has 2 rings (SSSR count). The van der Waals surface area contributed by atoms with Crippen molar-refractivity contribution in [2.75, 3.05) is 51.0 Å². The monoisotopic (exact) mass is 383 g/mol. The number of piperazine rings is 1. The molecule has 26 heavy (non-hydrogen) atoms. The maximum Gasteiger partial charge on any atom is 0.238 e. The van der Waals surface area contributed by atoms with Crippen LogP contribution in [0.5, 0.6) is 5.75 Å². The highest BCUT2D eigenvalue weighted by Gasteiger charge is 2.28. The Labute approximate surface area is 156 Å². The van der Waals surface area contributed by atoms with Crippen molar-refractivity contribution in [1.29, 1.82) is 0 Å². The van der Waals surface area contributed by atoms with Gasteiger partial charge in [-0.3, -0.25) is 4.79 Å². The third-order valence-electron chi connectivity index (χ3n) is 4.87. The number of carbonyl (C=O) groups excluding carboxylic acids is 1. The Balaban J connectivity index is 1.94. The molecule has 1 saturated heterocycles. The normalized spacial score (nSPS) is 16.7. The van der Waals surface area contributed by atoms with E-state index in [1.165, 1.54) is 4.31 Å². The minimum absolute atomic E-state index is 0.0869. The summed E-state index contributed by atoms with van der Waals surface area (Å²) < 4.78 is 30.4. The van der Waals surface area contributed by atoms with Gasteiger partial charge < -0.3 is 14.5 Å². The summed E-state index contributed by atoms with van der Waals surface area (Å²) in [6, 6.07) is 7.66. The molecule has 1 heterocycles. The van der Waals surface area contributed by atoms with Gasteiger partial charge in [0.25, 0.3) is 0 Å². The Hall–Kier alpha value is -1.80. The quantitative estimate of drug-likeness (QED) is 0.712. The van der Waals surface area contributed by atoms with Crippen LogP contribution in [0, 0.1) is 0 Å². The van der Waals surface area contributed by atoms with Gasteiger partial charge in [0.1, 0.15) is 5.75 Å². The summed E-state index contributed by atoms with van der Waals surface area (Å²) >= 11 is 0. The molecule has 0 bridgehead atoms. The van der Waals surface area contributed by atoms with Gasteiger partial charge in [-0.25, -0.2) is 8.42 Å². The third-order valence-corrected chi connectivity index (χ3v) is 6.21. The molecular formula is C18H29N3O4S. The maximum absolute atomic E-state index is 12.6. The number of hydrogen-bond acceptors (Lipinski definition) is 5. The minimum atomic E-state index is -3.41. The number of hydrogen-bond donors (Lipinski definition) is 0. The fourth-order valence-electron chi connectivity index (χ4n) is 3.04. The van der Waals surface area contributed by atoms with Crippen LogP contribution in [0.15, 0.2) is 24.3 Å². The lowest BCUT2D eigenvalue weighted by Gasteiger charge is -2.37. The summed E-state index contributed by atoms with van der Waals surface area (Å²) in [5.41, 5.74) is 1.09. The number of sulfonamides is 1. The first-order valence-electron chi connectivity index (χ1n) is 8.89. The second-order valence-electron chi connectivity index (χ2n) is 6.63. The molecule has 1 atom stereocenters. The molecule has 0 N–H and O–H groups in total. The van der Waals surface area contributed by atoms with Gasteiger partial charge in [0.15, 0.2) is 0 Å². The average molecular weight is 384 g/mol. The van der Waals surface area contributed by atoms with Crippen molar-refractivity contribution in [1.82, 2.24) is 9.21 Å². The molecule has 1 aromatic rings. The summed E-state index contributed by atoms with van der Waals surface area (Å²) in [7, 11) is -1.77. The van der Waals surface area contributed by atoms with Gasteiger partial charge in [-0.1, -0.05) is 6.92 Å². The Morgan fingerprint density at radius 2 is 1.77 bits per heavy atom. The number of rotatable bonds is 7. The van der Waals surface area contributed by atoms with Crippen LogP contribution in [0.4, 0.5) is 5.69 Å². The van der Waals surface area contributed by atoms with Crippen LogP contribution in [0.25, 0.3) is 0 Å². The van der Waals surface area contributed by atoms with Crippen molar-refractivity contribution in [3.05, 3.63) is 24.3 Å². The van der Waals surface area contributed by atoms with Crippen LogP contribution in [-0.4, -0.2) is 75.7 Å². The van der Waals surface area contributed by atoms with E-state index in [0.717, 1.165) is 30.8 Å². The number of anilines is 1. The molecule has 0 aliphatic carbocycles. The topological polar surface area (TPSA) is 70.2 Å². The number of ether oxygens (including phenoxy) is 1. The minimum Gasteiger partial charge on any atom is -0.497 e. The molecular weight excluding hydrogens is 354 g/mol. The lowest BCUT2D eigenvalue weighted by Crippen LogP contribution is -2.52. The van der Waals surface area contributed by atoms with Crippen LogP contribution in [0.3, 0.4) is 0 Å². The van der Waals surface area contributed by atoms with E-state index in [1.807, 2.05) is 38.1 Å². The Morgan fingerprint density at radius 1 is 1.19 bits per heavy atom. The predicted octanol–water partition coefficient (Wildman–Crippen LogP) is 1.40. The van der Waals surface area contributed by atoms with E-state index in [0.29, 0.717) is 19.5 Å². The first-order valence-corrected chi connectivity index (χ1v) is 10.7. The smallest absolute Gasteiger partial charge is 0.238 e. The second kappa shape index (κ2) is 8.73.